The molecule has 2 aromatic rings. The number of carbonyl (C=O) groups is 2. The molecule has 2 amide bonds. The van der Waals surface area contributed by atoms with Crippen LogP contribution in [-0.2, 0) is 20.9 Å². The second-order valence-electron chi connectivity index (χ2n) is 9.90. The fourth-order valence-corrected chi connectivity index (χ4v) is 5.19. The van der Waals surface area contributed by atoms with Crippen molar-refractivity contribution in [3.05, 3.63) is 71.8 Å². The fraction of sp³-hybridized carbons (Fsp3) is 0.500. The summed E-state index contributed by atoms with van der Waals surface area (Å²) in [6.07, 6.45) is 0.939. The minimum Gasteiger partial charge on any atom is -0.374 e. The van der Waals surface area contributed by atoms with Gasteiger partial charge in [-0.25, -0.2) is 0 Å². The molecule has 3 unspecified atom stereocenters. The number of hydrogen-bond acceptors (Lipinski definition) is 4. The maximum atomic E-state index is 13.5. The van der Waals surface area contributed by atoms with E-state index in [-0.39, 0.29) is 29.9 Å². The summed E-state index contributed by atoms with van der Waals surface area (Å²) >= 11 is 0. The molecule has 0 bridgehead atoms. The van der Waals surface area contributed by atoms with Gasteiger partial charge in [0.25, 0.3) is 0 Å². The fourth-order valence-electron chi connectivity index (χ4n) is 5.19. The smallest absolute Gasteiger partial charge is 0.225 e. The molecule has 4 rings (SSSR count). The van der Waals surface area contributed by atoms with Gasteiger partial charge in [-0.1, -0.05) is 74.5 Å². The number of ether oxygens (including phenoxy) is 1. The molecule has 2 aromatic carbocycles. The summed E-state index contributed by atoms with van der Waals surface area (Å²) < 4.78 is 5.94. The molecule has 3 atom stereocenters. The normalized spacial score (nSPS) is 23.8. The number of benzene rings is 2. The summed E-state index contributed by atoms with van der Waals surface area (Å²) in [5, 5.41) is 3.17. The topological polar surface area (TPSA) is 61.9 Å². The van der Waals surface area contributed by atoms with E-state index in [1.54, 1.807) is 0 Å². The van der Waals surface area contributed by atoms with E-state index in [0.717, 1.165) is 30.8 Å². The zero-order valence-electron chi connectivity index (χ0n) is 20.4. The van der Waals surface area contributed by atoms with Crippen LogP contribution in [0.3, 0.4) is 0 Å². The largest absolute Gasteiger partial charge is 0.374 e. The van der Waals surface area contributed by atoms with E-state index in [2.05, 4.69) is 24.1 Å². The van der Waals surface area contributed by atoms with E-state index in [4.69, 9.17) is 4.74 Å². The molecule has 6 nitrogen and oxygen atoms in total. The molecule has 34 heavy (non-hydrogen) atoms. The molecule has 1 N–H and O–H groups in total. The van der Waals surface area contributed by atoms with Crippen molar-refractivity contribution in [2.75, 3.05) is 32.8 Å². The van der Waals surface area contributed by atoms with Gasteiger partial charge >= 0.3 is 0 Å². The lowest BCUT2D eigenvalue weighted by Gasteiger charge is -2.41. The van der Waals surface area contributed by atoms with Crippen molar-refractivity contribution in [2.45, 2.75) is 45.4 Å². The molecule has 2 heterocycles. The molecular weight excluding hydrogens is 426 g/mol. The summed E-state index contributed by atoms with van der Waals surface area (Å²) in [6.45, 7) is 8.97. The van der Waals surface area contributed by atoms with Crippen LogP contribution in [0.4, 0.5) is 0 Å². The van der Waals surface area contributed by atoms with Gasteiger partial charge in [0, 0.05) is 39.1 Å². The van der Waals surface area contributed by atoms with Gasteiger partial charge in [-0.3, -0.25) is 14.5 Å². The maximum Gasteiger partial charge on any atom is 0.225 e. The van der Waals surface area contributed by atoms with Crippen molar-refractivity contribution < 1.29 is 14.3 Å². The van der Waals surface area contributed by atoms with Crippen LogP contribution in [0.15, 0.2) is 60.7 Å². The first-order valence-corrected chi connectivity index (χ1v) is 12.5. The molecule has 0 aliphatic carbocycles. The third-order valence-electron chi connectivity index (χ3n) is 6.73. The molecule has 0 spiro atoms. The summed E-state index contributed by atoms with van der Waals surface area (Å²) in [5.41, 5.74) is 2.07. The minimum atomic E-state index is -0.292. The number of rotatable bonds is 8. The second-order valence-corrected chi connectivity index (χ2v) is 9.90. The zero-order chi connectivity index (χ0) is 23.9. The van der Waals surface area contributed by atoms with Crippen LogP contribution in [0, 0.1) is 11.8 Å². The van der Waals surface area contributed by atoms with E-state index >= 15 is 0 Å². The highest BCUT2D eigenvalue weighted by atomic mass is 16.5. The van der Waals surface area contributed by atoms with Crippen molar-refractivity contribution in [1.82, 2.24) is 15.1 Å². The predicted octanol–water partition coefficient (Wildman–Crippen LogP) is 3.64. The van der Waals surface area contributed by atoms with Gasteiger partial charge in [-0.2, -0.15) is 0 Å². The van der Waals surface area contributed by atoms with Crippen molar-refractivity contribution in [3.8, 4) is 0 Å². The molecule has 2 aliphatic heterocycles. The van der Waals surface area contributed by atoms with Crippen LogP contribution in [0.5, 0.6) is 0 Å². The van der Waals surface area contributed by atoms with Crippen LogP contribution in [-0.4, -0.2) is 60.5 Å². The minimum absolute atomic E-state index is 0.00253. The average molecular weight is 464 g/mol. The Bertz CT molecular complexity index is 934. The Morgan fingerprint density at radius 3 is 2.50 bits per heavy atom. The molecule has 2 fully saturated rings. The first-order chi connectivity index (χ1) is 16.5. The van der Waals surface area contributed by atoms with E-state index in [1.165, 1.54) is 0 Å². The first-order valence-electron chi connectivity index (χ1n) is 12.5. The molecule has 2 aliphatic rings. The highest BCUT2D eigenvalue weighted by Gasteiger charge is 2.40. The monoisotopic (exact) mass is 463 g/mol. The van der Waals surface area contributed by atoms with Gasteiger partial charge in [0.15, 0.2) is 0 Å². The highest BCUT2D eigenvalue weighted by Crippen LogP contribution is 2.38. The standard InChI is InChI=1S/C28H37N3O3/c1-21(2)18-30-15-16-34-24(20-30)17-29-28(33)25-13-14-26(32)31(19-22-9-5-3-6-10-22)27(25)23-11-7-4-8-12-23/h3-12,21,24-25,27H,13-20H2,1-2H3,(H,29,33). The quantitative estimate of drug-likeness (QED) is 0.649. The number of morpholine rings is 1. The van der Waals surface area contributed by atoms with Crippen LogP contribution in [0.2, 0.25) is 0 Å². The first kappa shape index (κ1) is 24.4. The molecule has 2 saturated heterocycles. The number of nitrogens with one attached hydrogen (secondary N) is 1. The number of piperidine rings is 1. The van der Waals surface area contributed by atoms with Gasteiger partial charge in [0.2, 0.25) is 11.8 Å². The van der Waals surface area contributed by atoms with Gasteiger partial charge in [-0.05, 0) is 23.5 Å². The van der Waals surface area contributed by atoms with Crippen molar-refractivity contribution >= 4 is 11.8 Å². The lowest BCUT2D eigenvalue weighted by molar-refractivity contribution is -0.144. The number of carbonyl (C=O) groups excluding carboxylic acids is 2. The Balaban J connectivity index is 1.47. The van der Waals surface area contributed by atoms with Gasteiger partial charge in [-0.15, -0.1) is 0 Å². The summed E-state index contributed by atoms with van der Waals surface area (Å²) in [4.78, 5) is 30.8. The number of nitrogens with zero attached hydrogens (tertiary/aromatic N) is 2. The molecule has 0 saturated carbocycles. The highest BCUT2D eigenvalue weighted by molar-refractivity contribution is 5.85. The third kappa shape index (κ3) is 6.24. The molecule has 182 valence electrons. The summed E-state index contributed by atoms with van der Waals surface area (Å²) in [7, 11) is 0. The Morgan fingerprint density at radius 2 is 1.79 bits per heavy atom. The Kier molecular flexibility index (Phi) is 8.35. The van der Waals surface area contributed by atoms with E-state index in [9.17, 15) is 9.59 Å². The predicted molar refractivity (Wildman–Crippen MR) is 133 cm³/mol. The maximum absolute atomic E-state index is 13.5. The number of likely N-dealkylation sites (tertiary alicyclic amines) is 1. The molecule has 0 radical (unpaired) electrons. The molecular formula is C28H37N3O3. The van der Waals surface area contributed by atoms with Gasteiger partial charge in [0.05, 0.1) is 24.7 Å². The van der Waals surface area contributed by atoms with Gasteiger partial charge < -0.3 is 15.0 Å². The van der Waals surface area contributed by atoms with E-state index < -0.39 is 0 Å². The van der Waals surface area contributed by atoms with Crippen LogP contribution in [0.25, 0.3) is 0 Å². The third-order valence-corrected chi connectivity index (χ3v) is 6.73. The average Bonchev–Trinajstić information content (AvgIpc) is 2.85. The Hall–Kier alpha value is -2.70. The second kappa shape index (κ2) is 11.6. The van der Waals surface area contributed by atoms with Crippen LogP contribution in [0.1, 0.15) is 43.9 Å². The lowest BCUT2D eigenvalue weighted by Crippen LogP contribution is -2.51. The van der Waals surface area contributed by atoms with Crippen LogP contribution < -0.4 is 5.32 Å². The van der Waals surface area contributed by atoms with E-state index in [0.29, 0.717) is 38.5 Å². The summed E-state index contributed by atoms with van der Waals surface area (Å²) in [6, 6.07) is 19.7. The van der Waals surface area contributed by atoms with Crippen molar-refractivity contribution in [2.24, 2.45) is 11.8 Å². The SMILES string of the molecule is CC(C)CN1CCOC(CNC(=O)C2CCC(=O)N(Cc3ccccc3)C2c2ccccc2)C1. The van der Waals surface area contributed by atoms with Crippen molar-refractivity contribution in [1.29, 1.82) is 0 Å². The Labute approximate surface area is 203 Å². The Morgan fingerprint density at radius 1 is 1.09 bits per heavy atom. The van der Waals surface area contributed by atoms with Crippen LogP contribution >= 0.6 is 0 Å². The molecule has 6 heteroatoms. The number of hydrogen-bond donors (Lipinski definition) is 1. The number of amides is 2. The molecule has 0 aromatic heterocycles. The van der Waals surface area contributed by atoms with Crippen molar-refractivity contribution in [3.63, 3.8) is 0 Å². The van der Waals surface area contributed by atoms with Gasteiger partial charge in [0.1, 0.15) is 0 Å². The zero-order valence-corrected chi connectivity index (χ0v) is 20.4. The van der Waals surface area contributed by atoms with E-state index in [1.807, 2.05) is 65.6 Å². The lowest BCUT2D eigenvalue weighted by atomic mass is 9.83. The summed E-state index contributed by atoms with van der Waals surface area (Å²) in [5.74, 6) is 0.417.